The van der Waals surface area contributed by atoms with Crippen LogP contribution in [0.5, 0.6) is 11.5 Å². The van der Waals surface area contributed by atoms with Gasteiger partial charge >= 0.3 is 0 Å². The zero-order valence-electron chi connectivity index (χ0n) is 15.4. The molecule has 4 nitrogen and oxygen atoms in total. The van der Waals surface area contributed by atoms with Crippen molar-refractivity contribution in [3.63, 3.8) is 0 Å². The lowest BCUT2D eigenvalue weighted by Crippen LogP contribution is -2.04. The molecule has 0 amide bonds. The van der Waals surface area contributed by atoms with Crippen molar-refractivity contribution in [2.75, 3.05) is 31.8 Å². The first-order chi connectivity index (χ1) is 11.6. The minimum absolute atomic E-state index is 0.596. The van der Waals surface area contributed by atoms with Crippen molar-refractivity contribution in [2.45, 2.75) is 34.1 Å². The van der Waals surface area contributed by atoms with Gasteiger partial charge in [0.2, 0.25) is 0 Å². The van der Waals surface area contributed by atoms with Crippen LogP contribution in [0.1, 0.15) is 31.4 Å². The van der Waals surface area contributed by atoms with Gasteiger partial charge in [0.15, 0.2) is 0 Å². The summed E-state index contributed by atoms with van der Waals surface area (Å²) in [5, 5.41) is 3.90. The normalized spacial score (nSPS) is 11.8. The highest BCUT2D eigenvalue weighted by Crippen LogP contribution is 2.28. The Kier molecular flexibility index (Phi) is 10.1. The Hall–Kier alpha value is -1.62. The number of nitrogens with zero attached hydrogens (tertiary/aromatic N) is 1. The molecule has 5 heteroatoms. The third-order valence-electron chi connectivity index (χ3n) is 3.25. The molecule has 0 aromatic heterocycles. The van der Waals surface area contributed by atoms with Crippen LogP contribution < -0.4 is 9.47 Å². The second kappa shape index (κ2) is 11.8. The molecule has 0 heterocycles. The summed E-state index contributed by atoms with van der Waals surface area (Å²) in [5.74, 6) is 3.79. The molecule has 0 aliphatic carbocycles. The van der Waals surface area contributed by atoms with E-state index < -0.39 is 0 Å². The Balaban J connectivity index is 2.38. The Morgan fingerprint density at radius 3 is 2.54 bits per heavy atom. The van der Waals surface area contributed by atoms with Crippen LogP contribution in [0.2, 0.25) is 0 Å². The number of rotatable bonds is 11. The van der Waals surface area contributed by atoms with Crippen LogP contribution in [0.25, 0.3) is 0 Å². The van der Waals surface area contributed by atoms with E-state index in [1.807, 2.05) is 49.9 Å². The second-order valence-electron chi connectivity index (χ2n) is 5.53. The maximum atomic E-state index is 5.96. The molecule has 0 saturated heterocycles. The third-order valence-corrected chi connectivity index (χ3v) is 4.45. The number of thioether (sulfide) groups is 1. The highest BCUT2D eigenvalue weighted by Gasteiger charge is 2.07. The van der Waals surface area contributed by atoms with Crippen LogP contribution in [0.15, 0.2) is 29.4 Å². The van der Waals surface area contributed by atoms with Gasteiger partial charge < -0.3 is 14.3 Å². The molecular weight excluding hydrogens is 322 g/mol. The van der Waals surface area contributed by atoms with E-state index in [-0.39, 0.29) is 0 Å². The average Bonchev–Trinajstić information content (AvgIpc) is 2.53. The number of benzene rings is 1. The Labute approximate surface area is 150 Å². The minimum Gasteiger partial charge on any atom is -0.493 e. The Bertz CT molecular complexity index is 533. The van der Waals surface area contributed by atoms with Crippen molar-refractivity contribution in [2.24, 2.45) is 5.16 Å². The quantitative estimate of drug-likeness (QED) is 0.249. The topological polar surface area (TPSA) is 40.0 Å². The maximum Gasteiger partial charge on any atom is 0.125 e. The highest BCUT2D eigenvalue weighted by atomic mass is 32.2. The molecule has 1 rings (SSSR count). The van der Waals surface area contributed by atoms with Crippen LogP contribution in [-0.4, -0.2) is 37.5 Å². The van der Waals surface area contributed by atoms with E-state index in [0.717, 1.165) is 46.3 Å². The lowest BCUT2D eigenvalue weighted by molar-refractivity contribution is 0.213. The number of oxime groups is 1. The molecular formula is C19H29NO3S. The van der Waals surface area contributed by atoms with Crippen molar-refractivity contribution in [1.82, 2.24) is 0 Å². The minimum atomic E-state index is 0.596. The monoisotopic (exact) mass is 351 g/mol. The van der Waals surface area contributed by atoms with E-state index in [1.165, 1.54) is 0 Å². The van der Waals surface area contributed by atoms with Crippen LogP contribution in [0.3, 0.4) is 0 Å². The van der Waals surface area contributed by atoms with Crippen LogP contribution in [0, 0.1) is 13.8 Å². The van der Waals surface area contributed by atoms with Crippen LogP contribution in [-0.2, 0) is 4.84 Å². The van der Waals surface area contributed by atoms with Crippen molar-refractivity contribution in [3.8, 4) is 11.5 Å². The molecule has 134 valence electrons. The van der Waals surface area contributed by atoms with Gasteiger partial charge in [-0.2, -0.15) is 11.8 Å². The molecule has 0 aliphatic heterocycles. The summed E-state index contributed by atoms with van der Waals surface area (Å²) < 4.78 is 11.7. The zero-order chi connectivity index (χ0) is 17.8. The molecule has 1 aromatic carbocycles. The molecule has 0 saturated carbocycles. The molecule has 0 bridgehead atoms. The first-order valence-corrected chi connectivity index (χ1v) is 9.36. The van der Waals surface area contributed by atoms with Crippen molar-refractivity contribution in [1.29, 1.82) is 0 Å². The summed E-state index contributed by atoms with van der Waals surface area (Å²) in [6, 6.07) is 4.07. The van der Waals surface area contributed by atoms with Crippen LogP contribution in [0.4, 0.5) is 0 Å². The predicted molar refractivity (Wildman–Crippen MR) is 104 cm³/mol. The van der Waals surface area contributed by atoms with Gasteiger partial charge in [0.05, 0.1) is 12.3 Å². The van der Waals surface area contributed by atoms with Gasteiger partial charge in [-0.1, -0.05) is 17.3 Å². The van der Waals surface area contributed by atoms with E-state index in [4.69, 9.17) is 14.3 Å². The van der Waals surface area contributed by atoms with Gasteiger partial charge in [0, 0.05) is 5.75 Å². The van der Waals surface area contributed by atoms with Crippen LogP contribution >= 0.6 is 11.8 Å². The summed E-state index contributed by atoms with van der Waals surface area (Å²) in [6.07, 6.45) is 4.98. The fourth-order valence-corrected chi connectivity index (χ4v) is 3.01. The average molecular weight is 352 g/mol. The third kappa shape index (κ3) is 7.77. The van der Waals surface area contributed by atoms with E-state index in [2.05, 4.69) is 19.0 Å². The van der Waals surface area contributed by atoms with Gasteiger partial charge in [0.25, 0.3) is 0 Å². The van der Waals surface area contributed by atoms with Gasteiger partial charge in [-0.25, -0.2) is 0 Å². The molecule has 0 spiro atoms. The lowest BCUT2D eigenvalue weighted by atomic mass is 10.1. The Morgan fingerprint density at radius 2 is 1.92 bits per heavy atom. The molecule has 24 heavy (non-hydrogen) atoms. The zero-order valence-corrected chi connectivity index (χ0v) is 16.2. The number of hydrogen-bond donors (Lipinski definition) is 0. The predicted octanol–water partition coefficient (Wildman–Crippen LogP) is 4.78. The SMILES string of the molecule is C/C=C/COc1cc(C)c(OCCCSC/C(C)=N/OC)c(C)c1. The smallest absolute Gasteiger partial charge is 0.125 e. The van der Waals surface area contributed by atoms with E-state index in [1.54, 1.807) is 7.11 Å². The maximum absolute atomic E-state index is 5.96. The van der Waals surface area contributed by atoms with Crippen molar-refractivity contribution >= 4 is 17.5 Å². The van der Waals surface area contributed by atoms with Crippen molar-refractivity contribution in [3.05, 3.63) is 35.4 Å². The molecule has 0 radical (unpaired) electrons. The highest BCUT2D eigenvalue weighted by molar-refractivity contribution is 7.99. The summed E-state index contributed by atoms with van der Waals surface area (Å²) in [5.41, 5.74) is 3.23. The number of ether oxygens (including phenoxy) is 2. The number of allylic oxidation sites excluding steroid dienone is 1. The fraction of sp³-hybridized carbons (Fsp3) is 0.526. The first-order valence-electron chi connectivity index (χ1n) is 8.20. The van der Waals surface area contributed by atoms with Gasteiger partial charge in [-0.3, -0.25) is 0 Å². The summed E-state index contributed by atoms with van der Waals surface area (Å²) >= 11 is 1.84. The molecule has 0 aliphatic rings. The summed E-state index contributed by atoms with van der Waals surface area (Å²) in [4.78, 5) is 4.74. The molecule has 0 atom stereocenters. The Morgan fingerprint density at radius 1 is 1.21 bits per heavy atom. The van der Waals surface area contributed by atoms with Gasteiger partial charge in [0.1, 0.15) is 25.2 Å². The summed E-state index contributed by atoms with van der Waals surface area (Å²) in [6.45, 7) is 9.39. The largest absolute Gasteiger partial charge is 0.493 e. The molecule has 0 fully saturated rings. The molecule has 1 aromatic rings. The van der Waals surface area contributed by atoms with E-state index >= 15 is 0 Å². The van der Waals surface area contributed by atoms with E-state index in [9.17, 15) is 0 Å². The van der Waals surface area contributed by atoms with E-state index in [0.29, 0.717) is 13.2 Å². The molecule has 0 unspecified atom stereocenters. The summed E-state index contributed by atoms with van der Waals surface area (Å²) in [7, 11) is 1.57. The van der Waals surface area contributed by atoms with Gasteiger partial charge in [-0.05, 0) is 63.1 Å². The lowest BCUT2D eigenvalue weighted by Gasteiger charge is -2.14. The molecule has 0 N–H and O–H groups in total. The second-order valence-corrected chi connectivity index (χ2v) is 6.64. The number of aryl methyl sites for hydroxylation is 2. The fourth-order valence-electron chi connectivity index (χ4n) is 2.20. The first kappa shape index (κ1) is 20.4. The number of hydrogen-bond acceptors (Lipinski definition) is 5. The van der Waals surface area contributed by atoms with Gasteiger partial charge in [-0.15, -0.1) is 0 Å². The standard InChI is InChI=1S/C19H29NO3S/c1-6-7-9-22-18-12-15(2)19(16(3)13-18)23-10-8-11-24-14-17(4)20-21-5/h6-7,12-13H,8-11,14H2,1-5H3/b7-6+,20-17+. The van der Waals surface area contributed by atoms with Crippen molar-refractivity contribution < 1.29 is 14.3 Å².